The molecule has 3 rings (SSSR count). The lowest BCUT2D eigenvalue weighted by Crippen LogP contribution is -2.51. The number of hydrogen-bond donors (Lipinski definition) is 1. The van der Waals surface area contributed by atoms with Gasteiger partial charge in [0.1, 0.15) is 0 Å². The normalized spacial score (nSPS) is 19.6. The molecular weight excluding hydrogens is 458 g/mol. The van der Waals surface area contributed by atoms with Crippen molar-refractivity contribution in [3.8, 4) is 0 Å². The molecular formula is C25H32ClN3O5. The summed E-state index contributed by atoms with van der Waals surface area (Å²) in [5, 5.41) is 3.36. The number of amides is 2. The van der Waals surface area contributed by atoms with Crippen LogP contribution in [0.4, 0.5) is 4.79 Å². The summed E-state index contributed by atoms with van der Waals surface area (Å²) in [6.07, 6.45) is 2.93. The molecule has 2 aliphatic rings. The van der Waals surface area contributed by atoms with E-state index in [1.807, 2.05) is 6.07 Å². The molecule has 9 heteroatoms. The highest BCUT2D eigenvalue weighted by atomic mass is 35.5. The van der Waals surface area contributed by atoms with Gasteiger partial charge in [-0.25, -0.2) is 9.59 Å². The van der Waals surface area contributed by atoms with Gasteiger partial charge >= 0.3 is 18.0 Å². The summed E-state index contributed by atoms with van der Waals surface area (Å²) in [5.74, 6) is -0.805. The van der Waals surface area contributed by atoms with Crippen LogP contribution < -0.4 is 5.32 Å². The Hall–Kier alpha value is -2.84. The Balaban J connectivity index is 1.97. The smallest absolute Gasteiger partial charge is 0.338 e. The van der Waals surface area contributed by atoms with Crippen LogP contribution in [0, 0.1) is 5.92 Å². The first kappa shape index (κ1) is 25.8. The van der Waals surface area contributed by atoms with Crippen LogP contribution in [0.15, 0.2) is 48.2 Å². The number of benzene rings is 1. The minimum absolute atomic E-state index is 0.135. The summed E-state index contributed by atoms with van der Waals surface area (Å²) in [5.41, 5.74) is 1.53. The van der Waals surface area contributed by atoms with Crippen LogP contribution in [0.2, 0.25) is 5.02 Å². The van der Waals surface area contributed by atoms with E-state index in [-0.39, 0.29) is 31.1 Å². The second-order valence-electron chi connectivity index (χ2n) is 8.19. The van der Waals surface area contributed by atoms with Gasteiger partial charge < -0.3 is 14.8 Å². The van der Waals surface area contributed by atoms with E-state index >= 15 is 0 Å². The highest BCUT2D eigenvalue weighted by Gasteiger charge is 2.39. The third kappa shape index (κ3) is 5.80. The first-order chi connectivity index (χ1) is 16.4. The van der Waals surface area contributed by atoms with E-state index in [1.165, 1.54) is 4.90 Å². The van der Waals surface area contributed by atoms with Gasteiger partial charge in [0, 0.05) is 23.8 Å². The lowest BCUT2D eigenvalue weighted by Gasteiger charge is -2.39. The summed E-state index contributed by atoms with van der Waals surface area (Å²) >= 11 is 6.45. The van der Waals surface area contributed by atoms with Gasteiger partial charge in [0.25, 0.3) is 0 Å². The van der Waals surface area contributed by atoms with Crippen molar-refractivity contribution in [3.63, 3.8) is 0 Å². The zero-order valence-electron chi connectivity index (χ0n) is 19.7. The van der Waals surface area contributed by atoms with Crippen molar-refractivity contribution in [2.45, 2.75) is 32.7 Å². The fourth-order valence-corrected chi connectivity index (χ4v) is 4.63. The fraction of sp³-hybridized carbons (Fsp3) is 0.480. The van der Waals surface area contributed by atoms with Crippen molar-refractivity contribution in [2.24, 2.45) is 5.92 Å². The Labute approximate surface area is 205 Å². The number of hydrogen-bond acceptors (Lipinski definition) is 6. The largest absolute Gasteiger partial charge is 0.466 e. The molecule has 0 bridgehead atoms. The predicted molar refractivity (Wildman–Crippen MR) is 129 cm³/mol. The van der Waals surface area contributed by atoms with Crippen molar-refractivity contribution in [1.82, 2.24) is 15.1 Å². The average molecular weight is 490 g/mol. The quantitative estimate of drug-likeness (QED) is 0.420. The summed E-state index contributed by atoms with van der Waals surface area (Å²) in [6.45, 7) is 9.75. The van der Waals surface area contributed by atoms with Crippen LogP contribution in [0.5, 0.6) is 0 Å². The molecule has 1 aromatic carbocycles. The molecule has 0 radical (unpaired) electrons. The number of urea groups is 1. The first-order valence-electron chi connectivity index (χ1n) is 11.6. The molecule has 2 aliphatic heterocycles. The summed E-state index contributed by atoms with van der Waals surface area (Å²) in [7, 11) is 0. The molecule has 34 heavy (non-hydrogen) atoms. The Morgan fingerprint density at radius 1 is 1.18 bits per heavy atom. The van der Waals surface area contributed by atoms with E-state index in [2.05, 4.69) is 16.8 Å². The van der Waals surface area contributed by atoms with Crippen LogP contribution >= 0.6 is 11.6 Å². The Bertz CT molecular complexity index is 956. The molecule has 1 saturated heterocycles. The Morgan fingerprint density at radius 3 is 2.47 bits per heavy atom. The molecule has 0 aliphatic carbocycles. The number of nitrogens with one attached hydrogen (secondary N) is 1. The van der Waals surface area contributed by atoms with Gasteiger partial charge in [-0.1, -0.05) is 35.9 Å². The maximum Gasteiger partial charge on any atom is 0.338 e. The van der Waals surface area contributed by atoms with Crippen LogP contribution in [0.1, 0.15) is 38.3 Å². The first-order valence-corrected chi connectivity index (χ1v) is 12.0. The minimum Gasteiger partial charge on any atom is -0.466 e. The Morgan fingerprint density at radius 2 is 1.85 bits per heavy atom. The number of piperidine rings is 1. The summed E-state index contributed by atoms with van der Waals surface area (Å²) in [6, 6.07) is 6.04. The molecule has 2 amide bonds. The highest BCUT2D eigenvalue weighted by molar-refractivity contribution is 6.31. The SMILES string of the molecule is C=CCN1C(=O)N[C@H](c2ccccc2Cl)C(C(=O)OCC)=C1CN1CCC(C(=O)OCC)CC1. The van der Waals surface area contributed by atoms with Crippen molar-refractivity contribution in [2.75, 3.05) is 39.4 Å². The van der Waals surface area contributed by atoms with Gasteiger partial charge in [0.05, 0.1) is 30.7 Å². The fourth-order valence-electron chi connectivity index (χ4n) is 4.39. The monoisotopic (exact) mass is 489 g/mol. The summed E-state index contributed by atoms with van der Waals surface area (Å²) in [4.78, 5) is 42.1. The molecule has 184 valence electrons. The van der Waals surface area contributed by atoms with Gasteiger partial charge in [0.2, 0.25) is 0 Å². The van der Waals surface area contributed by atoms with Crippen LogP contribution in [-0.2, 0) is 19.1 Å². The number of nitrogens with zero attached hydrogens (tertiary/aromatic N) is 2. The maximum atomic E-state index is 13.2. The Kier molecular flexibility index (Phi) is 9.12. The van der Waals surface area contributed by atoms with E-state index < -0.39 is 12.0 Å². The van der Waals surface area contributed by atoms with Gasteiger partial charge in [-0.3, -0.25) is 14.6 Å². The molecule has 1 atom stereocenters. The van der Waals surface area contributed by atoms with Gasteiger partial charge in [-0.15, -0.1) is 6.58 Å². The zero-order valence-corrected chi connectivity index (χ0v) is 20.5. The molecule has 0 saturated carbocycles. The minimum atomic E-state index is -0.742. The maximum absolute atomic E-state index is 13.2. The third-order valence-corrected chi connectivity index (χ3v) is 6.39. The van der Waals surface area contributed by atoms with E-state index in [0.29, 0.717) is 60.9 Å². The van der Waals surface area contributed by atoms with Gasteiger partial charge in [-0.05, 0) is 51.4 Å². The lowest BCUT2D eigenvalue weighted by atomic mass is 9.93. The standard InChI is InChI=1S/C25H32ClN3O5/c1-4-13-29-20(16-28-14-11-17(12-15-28)23(30)33-5-2)21(24(31)34-6-3)22(27-25(29)32)18-9-7-8-10-19(18)26/h4,7-10,17,22H,1,5-6,11-16H2,2-3H3,(H,27,32)/t22-/m1/s1. The predicted octanol–water partition coefficient (Wildman–Crippen LogP) is 3.68. The van der Waals surface area contributed by atoms with Crippen molar-refractivity contribution in [3.05, 3.63) is 58.8 Å². The van der Waals surface area contributed by atoms with E-state index in [1.54, 1.807) is 38.1 Å². The third-order valence-electron chi connectivity index (χ3n) is 6.04. The van der Waals surface area contributed by atoms with E-state index in [4.69, 9.17) is 21.1 Å². The second-order valence-corrected chi connectivity index (χ2v) is 8.59. The molecule has 0 aromatic heterocycles. The molecule has 1 N–H and O–H groups in total. The van der Waals surface area contributed by atoms with Crippen molar-refractivity contribution < 1.29 is 23.9 Å². The molecule has 0 unspecified atom stereocenters. The number of ether oxygens (including phenoxy) is 2. The van der Waals surface area contributed by atoms with Crippen molar-refractivity contribution in [1.29, 1.82) is 0 Å². The number of likely N-dealkylation sites (tertiary alicyclic amines) is 1. The average Bonchev–Trinajstić information content (AvgIpc) is 2.82. The van der Waals surface area contributed by atoms with Crippen LogP contribution in [0.3, 0.4) is 0 Å². The topological polar surface area (TPSA) is 88.2 Å². The molecule has 2 heterocycles. The number of rotatable bonds is 9. The number of halogens is 1. The number of carbonyl (C=O) groups excluding carboxylic acids is 3. The molecule has 8 nitrogen and oxygen atoms in total. The zero-order chi connectivity index (χ0) is 24.7. The summed E-state index contributed by atoms with van der Waals surface area (Å²) < 4.78 is 10.6. The molecule has 0 spiro atoms. The van der Waals surface area contributed by atoms with Crippen molar-refractivity contribution >= 4 is 29.6 Å². The van der Waals surface area contributed by atoms with E-state index in [9.17, 15) is 14.4 Å². The number of carbonyl (C=O) groups is 3. The van der Waals surface area contributed by atoms with Crippen LogP contribution in [-0.4, -0.2) is 67.2 Å². The lowest BCUT2D eigenvalue weighted by molar-refractivity contribution is -0.149. The van der Waals surface area contributed by atoms with Gasteiger partial charge in [-0.2, -0.15) is 0 Å². The van der Waals surface area contributed by atoms with Gasteiger partial charge in [0.15, 0.2) is 0 Å². The number of esters is 2. The highest BCUT2D eigenvalue weighted by Crippen LogP contribution is 2.35. The van der Waals surface area contributed by atoms with E-state index in [0.717, 1.165) is 0 Å². The molecule has 1 aromatic rings. The van der Waals surface area contributed by atoms with Crippen LogP contribution in [0.25, 0.3) is 0 Å². The second kappa shape index (κ2) is 12.0. The molecule has 1 fully saturated rings.